The third kappa shape index (κ3) is 7.96. The number of ether oxygens (including phenoxy) is 1. The molecule has 2 aromatic rings. The van der Waals surface area contributed by atoms with Crippen LogP contribution in [0.5, 0.6) is 0 Å². The molecule has 0 heterocycles. The Labute approximate surface area is 190 Å². The number of unbranched alkanes of at least 4 members (excludes halogenated alkanes) is 5. The zero-order valence-corrected chi connectivity index (χ0v) is 19.7. The number of hydrogen-bond acceptors (Lipinski definition) is 1. The summed E-state index contributed by atoms with van der Waals surface area (Å²) >= 11 is 0. The maximum absolute atomic E-state index is 5.66. The molecule has 1 fully saturated rings. The van der Waals surface area contributed by atoms with Crippen molar-refractivity contribution >= 4 is 0 Å². The van der Waals surface area contributed by atoms with E-state index in [-0.39, 0.29) is 0 Å². The Kier molecular flexibility index (Phi) is 10.4. The SMILES string of the molecule is C=CCOC[C@H]1CC[C@H](c2ccc(-c3ccc(CCCCCCCC)cc3)cc2)CC1. The van der Waals surface area contributed by atoms with E-state index in [2.05, 4.69) is 62.0 Å². The minimum atomic E-state index is 0.682. The fourth-order valence-electron chi connectivity index (χ4n) is 4.90. The van der Waals surface area contributed by atoms with Crippen LogP contribution in [0.1, 0.15) is 88.2 Å². The molecule has 1 saturated carbocycles. The Hall–Kier alpha value is -1.86. The van der Waals surface area contributed by atoms with Gasteiger partial charge in [-0.25, -0.2) is 0 Å². The number of benzene rings is 2. The van der Waals surface area contributed by atoms with E-state index in [0.717, 1.165) is 12.5 Å². The van der Waals surface area contributed by atoms with E-state index >= 15 is 0 Å². The van der Waals surface area contributed by atoms with Gasteiger partial charge in [0.05, 0.1) is 6.61 Å². The Morgan fingerprint density at radius 2 is 1.42 bits per heavy atom. The standard InChI is InChI=1S/C30H42O/c1-3-5-6-7-8-9-10-25-11-15-27(16-12-25)29-19-21-30(22-20-29)28-17-13-26(14-18-28)24-31-23-4-2/h4,11-12,15-16,19-22,26,28H,2-3,5-10,13-14,17-18,23-24H2,1H3/t26-,28-. The van der Waals surface area contributed by atoms with Crippen molar-refractivity contribution in [1.82, 2.24) is 0 Å². The molecule has 1 nitrogen and oxygen atoms in total. The van der Waals surface area contributed by atoms with Crippen LogP contribution in [0.25, 0.3) is 11.1 Å². The van der Waals surface area contributed by atoms with Crippen LogP contribution in [0.15, 0.2) is 61.2 Å². The van der Waals surface area contributed by atoms with E-state index in [1.807, 2.05) is 6.08 Å². The molecule has 0 amide bonds. The lowest BCUT2D eigenvalue weighted by molar-refractivity contribution is 0.102. The molecule has 1 aliphatic carbocycles. The maximum atomic E-state index is 5.66. The highest BCUT2D eigenvalue weighted by Gasteiger charge is 2.22. The molecule has 2 aromatic carbocycles. The summed E-state index contributed by atoms with van der Waals surface area (Å²) in [6.07, 6.45) is 16.4. The minimum absolute atomic E-state index is 0.682. The highest BCUT2D eigenvalue weighted by molar-refractivity contribution is 5.64. The summed E-state index contributed by atoms with van der Waals surface area (Å²) in [6, 6.07) is 18.6. The molecule has 0 unspecified atom stereocenters. The molecule has 31 heavy (non-hydrogen) atoms. The van der Waals surface area contributed by atoms with Crippen LogP contribution in [0.3, 0.4) is 0 Å². The third-order valence-corrected chi connectivity index (χ3v) is 6.92. The van der Waals surface area contributed by atoms with Gasteiger partial charge in [0.2, 0.25) is 0 Å². The van der Waals surface area contributed by atoms with Crippen molar-refractivity contribution in [2.45, 2.75) is 83.5 Å². The van der Waals surface area contributed by atoms with Crippen LogP contribution in [-0.4, -0.2) is 13.2 Å². The van der Waals surface area contributed by atoms with Crippen molar-refractivity contribution in [3.05, 3.63) is 72.3 Å². The highest BCUT2D eigenvalue weighted by atomic mass is 16.5. The molecule has 0 atom stereocenters. The van der Waals surface area contributed by atoms with Gasteiger partial charge in [0.25, 0.3) is 0 Å². The first-order valence-corrected chi connectivity index (χ1v) is 12.7. The Morgan fingerprint density at radius 1 is 0.806 bits per heavy atom. The number of hydrogen-bond donors (Lipinski definition) is 0. The summed E-state index contributed by atoms with van der Waals surface area (Å²) in [5.74, 6) is 1.44. The van der Waals surface area contributed by atoms with Crippen molar-refractivity contribution in [2.75, 3.05) is 13.2 Å². The van der Waals surface area contributed by atoms with Gasteiger partial charge < -0.3 is 4.74 Å². The topological polar surface area (TPSA) is 9.23 Å². The zero-order valence-electron chi connectivity index (χ0n) is 19.7. The molecule has 0 saturated heterocycles. The quantitative estimate of drug-likeness (QED) is 0.233. The van der Waals surface area contributed by atoms with Gasteiger partial charge in [-0.2, -0.15) is 0 Å². The molecule has 0 radical (unpaired) electrons. The van der Waals surface area contributed by atoms with Gasteiger partial charge in [-0.15, -0.1) is 6.58 Å². The van der Waals surface area contributed by atoms with Crippen LogP contribution in [0.4, 0.5) is 0 Å². The molecule has 168 valence electrons. The van der Waals surface area contributed by atoms with Gasteiger partial charge in [0.15, 0.2) is 0 Å². The van der Waals surface area contributed by atoms with Gasteiger partial charge in [-0.1, -0.05) is 93.6 Å². The largest absolute Gasteiger partial charge is 0.377 e. The lowest BCUT2D eigenvalue weighted by Crippen LogP contribution is -2.18. The Balaban J connectivity index is 1.44. The molecule has 0 bridgehead atoms. The third-order valence-electron chi connectivity index (χ3n) is 6.92. The first-order chi connectivity index (χ1) is 15.3. The van der Waals surface area contributed by atoms with Crippen molar-refractivity contribution in [3.8, 4) is 11.1 Å². The lowest BCUT2D eigenvalue weighted by Gasteiger charge is -2.28. The normalized spacial score (nSPS) is 18.7. The smallest absolute Gasteiger partial charge is 0.0644 e. The minimum Gasteiger partial charge on any atom is -0.377 e. The van der Waals surface area contributed by atoms with Gasteiger partial charge in [0.1, 0.15) is 0 Å². The molecule has 0 spiro atoms. The zero-order chi connectivity index (χ0) is 21.7. The molecule has 1 heteroatoms. The van der Waals surface area contributed by atoms with E-state index < -0.39 is 0 Å². The first-order valence-electron chi connectivity index (χ1n) is 12.7. The lowest BCUT2D eigenvalue weighted by atomic mass is 9.79. The molecule has 3 rings (SSSR count). The van der Waals surface area contributed by atoms with Crippen molar-refractivity contribution in [1.29, 1.82) is 0 Å². The second kappa shape index (κ2) is 13.5. The number of aryl methyl sites for hydroxylation is 1. The Morgan fingerprint density at radius 3 is 2.06 bits per heavy atom. The summed E-state index contributed by atoms with van der Waals surface area (Å²) in [6.45, 7) is 7.58. The average molecular weight is 419 g/mol. The predicted octanol–water partition coefficient (Wildman–Crippen LogP) is 8.73. The second-order valence-electron chi connectivity index (χ2n) is 9.38. The molecule has 0 aromatic heterocycles. The fourth-order valence-corrected chi connectivity index (χ4v) is 4.90. The summed E-state index contributed by atoms with van der Waals surface area (Å²) in [7, 11) is 0. The predicted molar refractivity (Wildman–Crippen MR) is 135 cm³/mol. The van der Waals surface area contributed by atoms with Gasteiger partial charge in [0, 0.05) is 6.61 Å². The van der Waals surface area contributed by atoms with E-state index in [1.165, 1.54) is 92.9 Å². The van der Waals surface area contributed by atoms with Crippen molar-refractivity contribution < 1.29 is 4.74 Å². The van der Waals surface area contributed by atoms with E-state index in [4.69, 9.17) is 4.74 Å². The van der Waals surface area contributed by atoms with Gasteiger partial charge in [-0.3, -0.25) is 0 Å². The highest BCUT2D eigenvalue weighted by Crippen LogP contribution is 2.36. The van der Waals surface area contributed by atoms with Gasteiger partial charge >= 0.3 is 0 Å². The molecular weight excluding hydrogens is 376 g/mol. The molecule has 1 aliphatic rings. The summed E-state index contributed by atoms with van der Waals surface area (Å²) < 4.78 is 5.66. The monoisotopic (exact) mass is 418 g/mol. The van der Waals surface area contributed by atoms with E-state index in [9.17, 15) is 0 Å². The van der Waals surface area contributed by atoms with Crippen LogP contribution in [-0.2, 0) is 11.2 Å². The summed E-state index contributed by atoms with van der Waals surface area (Å²) in [5, 5.41) is 0. The van der Waals surface area contributed by atoms with Crippen LogP contribution >= 0.6 is 0 Å². The van der Waals surface area contributed by atoms with Crippen LogP contribution in [0.2, 0.25) is 0 Å². The first kappa shape index (κ1) is 23.8. The van der Waals surface area contributed by atoms with E-state index in [0.29, 0.717) is 12.5 Å². The summed E-state index contributed by atoms with van der Waals surface area (Å²) in [4.78, 5) is 0. The summed E-state index contributed by atoms with van der Waals surface area (Å²) in [5.41, 5.74) is 5.65. The molecule has 0 aliphatic heterocycles. The van der Waals surface area contributed by atoms with Crippen molar-refractivity contribution in [3.63, 3.8) is 0 Å². The van der Waals surface area contributed by atoms with Crippen LogP contribution in [0, 0.1) is 5.92 Å². The molecular formula is C30H42O. The fraction of sp³-hybridized carbons (Fsp3) is 0.533. The number of rotatable bonds is 13. The average Bonchev–Trinajstić information content (AvgIpc) is 2.82. The molecule has 0 N–H and O–H groups in total. The van der Waals surface area contributed by atoms with E-state index in [1.54, 1.807) is 0 Å². The maximum Gasteiger partial charge on any atom is 0.0644 e. The Bertz CT molecular complexity index is 735. The van der Waals surface area contributed by atoms with Crippen LogP contribution < -0.4 is 0 Å². The second-order valence-corrected chi connectivity index (χ2v) is 9.38. The van der Waals surface area contributed by atoms with Crippen molar-refractivity contribution in [2.24, 2.45) is 5.92 Å². The van der Waals surface area contributed by atoms with Gasteiger partial charge in [-0.05, 0) is 72.6 Å².